The van der Waals surface area contributed by atoms with Crippen LogP contribution in [0.15, 0.2) is 35.9 Å². The third-order valence-electron chi connectivity index (χ3n) is 6.46. The molecule has 3 aliphatic heterocycles. The smallest absolute Gasteiger partial charge is 0.131 e. The number of ether oxygens (including phenoxy) is 1. The highest BCUT2D eigenvalue weighted by Crippen LogP contribution is 2.31. The fourth-order valence-electron chi connectivity index (χ4n) is 4.75. The number of hydrogen-bond donors (Lipinski definition) is 3. The van der Waals surface area contributed by atoms with Gasteiger partial charge in [0.15, 0.2) is 0 Å². The molecule has 0 spiro atoms. The predicted octanol–water partition coefficient (Wildman–Crippen LogP) is 2.23. The normalized spacial score (nSPS) is 20.0. The van der Waals surface area contributed by atoms with E-state index in [0.717, 1.165) is 87.5 Å². The maximum atomic E-state index is 9.10. The lowest BCUT2D eigenvalue weighted by Crippen LogP contribution is -2.44. The lowest BCUT2D eigenvalue weighted by atomic mass is 9.98. The van der Waals surface area contributed by atoms with Crippen molar-refractivity contribution < 1.29 is 4.74 Å². The van der Waals surface area contributed by atoms with Crippen LogP contribution in [0, 0.1) is 5.41 Å². The van der Waals surface area contributed by atoms with Crippen LogP contribution in [0.1, 0.15) is 31.2 Å². The average Bonchev–Trinajstić information content (AvgIpc) is 3.25. The number of rotatable bonds is 4. The van der Waals surface area contributed by atoms with Crippen molar-refractivity contribution in [3.05, 3.63) is 41.5 Å². The summed E-state index contributed by atoms with van der Waals surface area (Å²) in [4.78, 5) is 6.86. The number of nitrogens with zero attached hydrogens (tertiary/aromatic N) is 4. The van der Waals surface area contributed by atoms with Crippen LogP contribution in [0.4, 0.5) is 5.69 Å². The number of aromatic nitrogens is 3. The second kappa shape index (κ2) is 8.80. The van der Waals surface area contributed by atoms with Crippen molar-refractivity contribution >= 4 is 11.5 Å². The minimum Gasteiger partial charge on any atom is -0.385 e. The summed E-state index contributed by atoms with van der Waals surface area (Å²) in [6, 6.07) is 2.61. The average molecular weight is 422 g/mol. The zero-order valence-electron chi connectivity index (χ0n) is 18.2. The highest BCUT2D eigenvalue weighted by molar-refractivity contribution is 6.09. The van der Waals surface area contributed by atoms with E-state index in [1.165, 1.54) is 11.3 Å². The maximum Gasteiger partial charge on any atom is 0.131 e. The molecule has 2 aromatic rings. The van der Waals surface area contributed by atoms with E-state index >= 15 is 0 Å². The minimum atomic E-state index is 0.446. The molecule has 0 atom stereocenters. The number of anilines is 1. The minimum absolute atomic E-state index is 0.446. The molecule has 0 aromatic carbocycles. The van der Waals surface area contributed by atoms with Gasteiger partial charge in [-0.25, -0.2) is 0 Å². The van der Waals surface area contributed by atoms with Crippen molar-refractivity contribution in [2.75, 3.05) is 37.7 Å². The number of hydrogen-bond acceptors (Lipinski definition) is 6. The van der Waals surface area contributed by atoms with Crippen LogP contribution in [0.3, 0.4) is 0 Å². The quantitative estimate of drug-likeness (QED) is 0.518. The first kappa shape index (κ1) is 20.2. The Hall–Kier alpha value is -2.71. The summed E-state index contributed by atoms with van der Waals surface area (Å²) in [6.07, 6.45) is 10.8. The molecule has 5 heterocycles. The van der Waals surface area contributed by atoms with Gasteiger partial charge in [0.05, 0.1) is 23.8 Å². The van der Waals surface area contributed by atoms with Gasteiger partial charge in [0.2, 0.25) is 0 Å². The Morgan fingerprint density at radius 2 is 2.13 bits per heavy atom. The fraction of sp³-hybridized carbons (Fsp3) is 0.522. The van der Waals surface area contributed by atoms with Crippen molar-refractivity contribution in [1.82, 2.24) is 25.4 Å². The standard InChI is InChI=1S/C23H31N7O/c1-29-15-17(12-27-29)21-11-16-3-2-8-30(22(16)14-26-21)23(24)19-13-25-7-4-20(19)28-18-5-9-31-10-6-18/h11-12,14-15,18,24-25,28H,2-10,13H2,1H3. The molecule has 0 radical (unpaired) electrons. The van der Waals surface area contributed by atoms with Crippen molar-refractivity contribution in [2.45, 2.75) is 38.1 Å². The van der Waals surface area contributed by atoms with Crippen LogP contribution in [-0.2, 0) is 18.2 Å². The molecule has 0 bridgehead atoms. The first-order valence-corrected chi connectivity index (χ1v) is 11.3. The molecule has 31 heavy (non-hydrogen) atoms. The molecule has 3 N–H and O–H groups in total. The first-order chi connectivity index (χ1) is 15.2. The Bertz CT molecular complexity index is 990. The lowest BCUT2D eigenvalue weighted by molar-refractivity contribution is 0.0800. The maximum absolute atomic E-state index is 9.10. The van der Waals surface area contributed by atoms with Crippen molar-refractivity contribution in [3.8, 4) is 11.3 Å². The predicted molar refractivity (Wildman–Crippen MR) is 121 cm³/mol. The molecular formula is C23H31N7O. The molecule has 1 fully saturated rings. The summed E-state index contributed by atoms with van der Waals surface area (Å²) < 4.78 is 7.31. The summed E-state index contributed by atoms with van der Waals surface area (Å²) in [7, 11) is 1.92. The third kappa shape index (κ3) is 4.22. The topological polar surface area (TPSA) is 91.1 Å². The van der Waals surface area contributed by atoms with Gasteiger partial charge in [-0.05, 0) is 37.3 Å². The largest absolute Gasteiger partial charge is 0.385 e. The Balaban J connectivity index is 1.41. The Morgan fingerprint density at radius 1 is 1.26 bits per heavy atom. The fourth-order valence-corrected chi connectivity index (χ4v) is 4.75. The van der Waals surface area contributed by atoms with E-state index in [1.54, 1.807) is 4.68 Å². The second-order valence-corrected chi connectivity index (χ2v) is 8.62. The molecule has 0 amide bonds. The Labute approximate surface area is 183 Å². The highest BCUT2D eigenvalue weighted by atomic mass is 16.5. The van der Waals surface area contributed by atoms with Gasteiger partial charge in [-0.3, -0.25) is 15.1 Å². The second-order valence-electron chi connectivity index (χ2n) is 8.62. The van der Waals surface area contributed by atoms with Gasteiger partial charge in [-0.15, -0.1) is 0 Å². The first-order valence-electron chi connectivity index (χ1n) is 11.3. The van der Waals surface area contributed by atoms with Crippen LogP contribution in [0.25, 0.3) is 11.3 Å². The number of amidine groups is 1. The van der Waals surface area contributed by atoms with Gasteiger partial charge in [0.25, 0.3) is 0 Å². The van der Waals surface area contributed by atoms with Crippen LogP contribution in [0.5, 0.6) is 0 Å². The van der Waals surface area contributed by atoms with E-state index in [0.29, 0.717) is 11.9 Å². The zero-order chi connectivity index (χ0) is 21.2. The lowest BCUT2D eigenvalue weighted by Gasteiger charge is -2.35. The summed E-state index contributed by atoms with van der Waals surface area (Å²) in [5.41, 5.74) is 6.60. The van der Waals surface area contributed by atoms with Crippen LogP contribution < -0.4 is 15.5 Å². The van der Waals surface area contributed by atoms with Gasteiger partial charge in [-0.1, -0.05) is 0 Å². The molecule has 8 nitrogen and oxygen atoms in total. The summed E-state index contributed by atoms with van der Waals surface area (Å²) in [5.74, 6) is 0.596. The SMILES string of the molecule is Cn1cc(-c2cc3c(cn2)N(C(=N)C2=C(NC4CCOCC4)CCNC2)CCC3)cn1. The Morgan fingerprint density at radius 3 is 2.94 bits per heavy atom. The van der Waals surface area contributed by atoms with Crippen molar-refractivity contribution in [2.24, 2.45) is 7.05 Å². The summed E-state index contributed by atoms with van der Waals surface area (Å²) in [5, 5.41) is 20.6. The van der Waals surface area contributed by atoms with E-state index in [2.05, 4.69) is 26.7 Å². The van der Waals surface area contributed by atoms with E-state index < -0.39 is 0 Å². The van der Waals surface area contributed by atoms with Gasteiger partial charge < -0.3 is 20.3 Å². The van der Waals surface area contributed by atoms with E-state index in [-0.39, 0.29) is 0 Å². The number of aryl methyl sites for hydroxylation is 2. The monoisotopic (exact) mass is 421 g/mol. The summed E-state index contributed by atoms with van der Waals surface area (Å²) in [6.45, 7) is 4.18. The third-order valence-corrected chi connectivity index (χ3v) is 6.46. The molecule has 0 unspecified atom stereocenters. The van der Waals surface area contributed by atoms with Gasteiger partial charge >= 0.3 is 0 Å². The van der Waals surface area contributed by atoms with Gasteiger partial charge in [0.1, 0.15) is 5.84 Å². The van der Waals surface area contributed by atoms with E-state index in [9.17, 15) is 0 Å². The molecular weight excluding hydrogens is 390 g/mol. The van der Waals surface area contributed by atoms with Crippen LogP contribution >= 0.6 is 0 Å². The summed E-state index contributed by atoms with van der Waals surface area (Å²) >= 11 is 0. The van der Waals surface area contributed by atoms with Crippen LogP contribution in [0.2, 0.25) is 0 Å². The van der Waals surface area contributed by atoms with Crippen LogP contribution in [-0.4, -0.2) is 59.5 Å². The molecule has 3 aliphatic rings. The van der Waals surface area contributed by atoms with E-state index in [4.69, 9.17) is 15.1 Å². The number of nitrogens with one attached hydrogen (secondary N) is 3. The molecule has 164 valence electrons. The molecule has 8 heteroatoms. The molecule has 1 saturated heterocycles. The van der Waals surface area contributed by atoms with Crippen molar-refractivity contribution in [1.29, 1.82) is 5.41 Å². The zero-order valence-corrected chi connectivity index (χ0v) is 18.2. The van der Waals surface area contributed by atoms with Gasteiger partial charge in [-0.2, -0.15) is 5.10 Å². The van der Waals surface area contributed by atoms with Crippen molar-refractivity contribution in [3.63, 3.8) is 0 Å². The Kier molecular flexibility index (Phi) is 5.74. The number of pyridine rings is 1. The highest BCUT2D eigenvalue weighted by Gasteiger charge is 2.27. The number of fused-ring (bicyclic) bond motifs is 1. The van der Waals surface area contributed by atoms with Gasteiger partial charge in [0, 0.05) is 75.4 Å². The van der Waals surface area contributed by atoms with E-state index in [1.807, 2.05) is 25.6 Å². The molecule has 0 saturated carbocycles. The molecule has 2 aromatic heterocycles. The molecule has 0 aliphatic carbocycles. The molecule has 5 rings (SSSR count).